The monoisotopic (exact) mass is 222 g/mol. The highest BCUT2D eigenvalue weighted by molar-refractivity contribution is 5.39. The van der Waals surface area contributed by atoms with Gasteiger partial charge < -0.3 is 9.84 Å². The summed E-state index contributed by atoms with van der Waals surface area (Å²) >= 11 is 0. The highest BCUT2D eigenvalue weighted by atomic mass is 16.5. The molecule has 0 unspecified atom stereocenters. The smallest absolute Gasteiger partial charge is 0.122 e. The Bertz CT molecular complexity index is 348. The number of methoxy groups -OCH3 is 1. The van der Waals surface area contributed by atoms with Gasteiger partial charge in [-0.05, 0) is 37.0 Å². The molecule has 0 heterocycles. The van der Waals surface area contributed by atoms with Gasteiger partial charge >= 0.3 is 0 Å². The minimum absolute atomic E-state index is 0.428. The first-order valence-corrected chi connectivity index (χ1v) is 5.72. The van der Waals surface area contributed by atoms with Crippen LogP contribution < -0.4 is 4.74 Å². The summed E-state index contributed by atoms with van der Waals surface area (Å²) in [4.78, 5) is 0. The molecule has 0 atom stereocenters. The van der Waals surface area contributed by atoms with Crippen LogP contribution in [0, 0.1) is 0 Å². The Hall–Kier alpha value is -1.02. The standard InChI is InChI=1S/C14H22O2/c1-10(2)12-8-11(9-14(3,4)15)6-7-13(12)16-5/h6-8,10,15H,9H2,1-5H3. The molecule has 0 aliphatic rings. The van der Waals surface area contributed by atoms with E-state index < -0.39 is 5.60 Å². The first-order valence-electron chi connectivity index (χ1n) is 5.72. The fraction of sp³-hybridized carbons (Fsp3) is 0.571. The first-order chi connectivity index (χ1) is 7.33. The molecule has 0 spiro atoms. The highest BCUT2D eigenvalue weighted by Crippen LogP contribution is 2.28. The Morgan fingerprint density at radius 2 is 1.94 bits per heavy atom. The molecule has 1 rings (SSSR count). The van der Waals surface area contributed by atoms with Gasteiger partial charge in [-0.2, -0.15) is 0 Å². The van der Waals surface area contributed by atoms with Gasteiger partial charge in [0, 0.05) is 6.42 Å². The van der Waals surface area contributed by atoms with Gasteiger partial charge in [-0.1, -0.05) is 26.0 Å². The van der Waals surface area contributed by atoms with E-state index in [1.54, 1.807) is 7.11 Å². The fourth-order valence-electron chi connectivity index (χ4n) is 1.84. The summed E-state index contributed by atoms with van der Waals surface area (Å²) in [6.45, 7) is 7.94. The van der Waals surface area contributed by atoms with Crippen molar-refractivity contribution in [1.82, 2.24) is 0 Å². The fourth-order valence-corrected chi connectivity index (χ4v) is 1.84. The van der Waals surface area contributed by atoms with Crippen molar-refractivity contribution in [3.8, 4) is 5.75 Å². The van der Waals surface area contributed by atoms with Crippen LogP contribution in [0.4, 0.5) is 0 Å². The van der Waals surface area contributed by atoms with Gasteiger partial charge in [0.1, 0.15) is 5.75 Å². The van der Waals surface area contributed by atoms with E-state index in [2.05, 4.69) is 19.9 Å². The van der Waals surface area contributed by atoms with Crippen molar-refractivity contribution >= 4 is 0 Å². The van der Waals surface area contributed by atoms with E-state index in [0.29, 0.717) is 12.3 Å². The van der Waals surface area contributed by atoms with Crippen LogP contribution in [-0.4, -0.2) is 17.8 Å². The molecule has 0 amide bonds. The number of rotatable bonds is 4. The Balaban J connectivity index is 3.02. The lowest BCUT2D eigenvalue weighted by atomic mass is 9.94. The van der Waals surface area contributed by atoms with Crippen LogP contribution in [0.1, 0.15) is 44.7 Å². The second-order valence-corrected chi connectivity index (χ2v) is 5.22. The summed E-state index contributed by atoms with van der Waals surface area (Å²) in [5.74, 6) is 1.35. The lowest BCUT2D eigenvalue weighted by Crippen LogP contribution is -2.21. The molecule has 0 aromatic heterocycles. The third-order valence-electron chi connectivity index (χ3n) is 2.55. The predicted octanol–water partition coefficient (Wildman–Crippen LogP) is 3.13. The average Bonchev–Trinajstić information content (AvgIpc) is 2.15. The summed E-state index contributed by atoms with van der Waals surface area (Å²) < 4.78 is 5.33. The minimum Gasteiger partial charge on any atom is -0.496 e. The van der Waals surface area contributed by atoms with E-state index in [1.807, 2.05) is 26.0 Å². The van der Waals surface area contributed by atoms with Gasteiger partial charge in [0.05, 0.1) is 12.7 Å². The molecule has 0 aliphatic heterocycles. The SMILES string of the molecule is COc1ccc(CC(C)(C)O)cc1C(C)C. The third kappa shape index (κ3) is 3.53. The topological polar surface area (TPSA) is 29.5 Å². The average molecular weight is 222 g/mol. The van der Waals surface area contributed by atoms with Crippen LogP contribution in [0.25, 0.3) is 0 Å². The van der Waals surface area contributed by atoms with Crippen molar-refractivity contribution in [1.29, 1.82) is 0 Å². The Morgan fingerprint density at radius 3 is 2.38 bits per heavy atom. The molecule has 2 nitrogen and oxygen atoms in total. The van der Waals surface area contributed by atoms with E-state index in [0.717, 1.165) is 11.3 Å². The molecule has 16 heavy (non-hydrogen) atoms. The lowest BCUT2D eigenvalue weighted by Gasteiger charge is -2.19. The van der Waals surface area contributed by atoms with Crippen molar-refractivity contribution in [2.75, 3.05) is 7.11 Å². The molecule has 1 N–H and O–H groups in total. The molecule has 0 saturated carbocycles. The quantitative estimate of drug-likeness (QED) is 0.848. The highest BCUT2D eigenvalue weighted by Gasteiger charge is 2.15. The van der Waals surface area contributed by atoms with Crippen LogP contribution in [0.3, 0.4) is 0 Å². The first kappa shape index (κ1) is 13.0. The molecular formula is C14H22O2. The Morgan fingerprint density at radius 1 is 1.31 bits per heavy atom. The van der Waals surface area contributed by atoms with Crippen molar-refractivity contribution in [3.63, 3.8) is 0 Å². The van der Waals surface area contributed by atoms with Crippen LogP contribution in [0.5, 0.6) is 5.75 Å². The number of benzene rings is 1. The van der Waals surface area contributed by atoms with Crippen LogP contribution in [0.2, 0.25) is 0 Å². The number of ether oxygens (including phenoxy) is 1. The summed E-state index contributed by atoms with van der Waals surface area (Å²) in [5.41, 5.74) is 1.68. The van der Waals surface area contributed by atoms with E-state index >= 15 is 0 Å². The van der Waals surface area contributed by atoms with Gasteiger partial charge in [-0.15, -0.1) is 0 Å². The molecule has 2 heteroatoms. The largest absolute Gasteiger partial charge is 0.496 e. The molecule has 0 aliphatic carbocycles. The molecular weight excluding hydrogens is 200 g/mol. The van der Waals surface area contributed by atoms with Crippen LogP contribution in [0.15, 0.2) is 18.2 Å². The van der Waals surface area contributed by atoms with E-state index in [4.69, 9.17) is 4.74 Å². The van der Waals surface area contributed by atoms with Crippen LogP contribution in [-0.2, 0) is 6.42 Å². The molecule has 1 aromatic carbocycles. The maximum Gasteiger partial charge on any atom is 0.122 e. The maximum atomic E-state index is 9.80. The number of hydrogen-bond acceptors (Lipinski definition) is 2. The number of aliphatic hydroxyl groups is 1. The van der Waals surface area contributed by atoms with Gasteiger partial charge in [-0.3, -0.25) is 0 Å². The summed E-state index contributed by atoms with van der Waals surface area (Å²) in [7, 11) is 1.69. The minimum atomic E-state index is -0.664. The van der Waals surface area contributed by atoms with E-state index in [-0.39, 0.29) is 0 Å². The zero-order valence-corrected chi connectivity index (χ0v) is 10.9. The van der Waals surface area contributed by atoms with Gasteiger partial charge in [0.15, 0.2) is 0 Å². The van der Waals surface area contributed by atoms with E-state index in [9.17, 15) is 5.11 Å². The molecule has 0 radical (unpaired) electrons. The van der Waals surface area contributed by atoms with Crippen molar-refractivity contribution < 1.29 is 9.84 Å². The summed E-state index contributed by atoms with van der Waals surface area (Å²) in [5, 5.41) is 9.80. The Kier molecular flexibility index (Phi) is 3.98. The molecule has 0 fully saturated rings. The molecule has 90 valence electrons. The third-order valence-corrected chi connectivity index (χ3v) is 2.55. The zero-order chi connectivity index (χ0) is 12.3. The molecule has 0 bridgehead atoms. The zero-order valence-electron chi connectivity index (χ0n) is 10.9. The second kappa shape index (κ2) is 4.88. The van der Waals surface area contributed by atoms with E-state index in [1.165, 1.54) is 5.56 Å². The normalized spacial score (nSPS) is 11.9. The van der Waals surface area contributed by atoms with Crippen molar-refractivity contribution in [2.24, 2.45) is 0 Å². The second-order valence-electron chi connectivity index (χ2n) is 5.22. The lowest BCUT2D eigenvalue weighted by molar-refractivity contribution is 0.0809. The van der Waals surface area contributed by atoms with Gasteiger partial charge in [-0.25, -0.2) is 0 Å². The maximum absolute atomic E-state index is 9.80. The Labute approximate surface area is 98.3 Å². The van der Waals surface area contributed by atoms with Crippen LogP contribution >= 0.6 is 0 Å². The molecule has 1 aromatic rings. The summed E-state index contributed by atoms with van der Waals surface area (Å²) in [6.07, 6.45) is 0.663. The van der Waals surface area contributed by atoms with Gasteiger partial charge in [0.2, 0.25) is 0 Å². The summed E-state index contributed by atoms with van der Waals surface area (Å²) in [6, 6.07) is 6.13. The predicted molar refractivity (Wildman–Crippen MR) is 67.1 cm³/mol. The van der Waals surface area contributed by atoms with Crippen molar-refractivity contribution in [2.45, 2.75) is 45.6 Å². The van der Waals surface area contributed by atoms with Gasteiger partial charge in [0.25, 0.3) is 0 Å². The molecule has 0 saturated heterocycles. The van der Waals surface area contributed by atoms with Crippen molar-refractivity contribution in [3.05, 3.63) is 29.3 Å². The number of hydrogen-bond donors (Lipinski definition) is 1.